The van der Waals surface area contributed by atoms with E-state index in [0.29, 0.717) is 16.0 Å². The highest BCUT2D eigenvalue weighted by Gasteiger charge is 2.22. The maximum atomic E-state index is 12.4. The lowest BCUT2D eigenvalue weighted by Gasteiger charge is -2.16. The van der Waals surface area contributed by atoms with E-state index in [4.69, 9.17) is 4.74 Å². The number of hydrogen-bond donors (Lipinski definition) is 1. The number of hydrogen-bond acceptors (Lipinski definition) is 6. The molecular weight excluding hydrogens is 368 g/mol. The summed E-state index contributed by atoms with van der Waals surface area (Å²) in [5.74, 6) is 0.0293. The summed E-state index contributed by atoms with van der Waals surface area (Å²) in [4.78, 5) is 34.7. The van der Waals surface area contributed by atoms with Crippen LogP contribution in [0.1, 0.15) is 36.2 Å². The predicted molar refractivity (Wildman–Crippen MR) is 106 cm³/mol. The highest BCUT2D eigenvalue weighted by Crippen LogP contribution is 2.28. The number of aryl methyl sites for hydroxylation is 2. The number of nitrogens with zero attached hydrogens (tertiary/aromatic N) is 1. The molecule has 0 aliphatic carbocycles. The molecule has 7 heteroatoms. The van der Waals surface area contributed by atoms with E-state index in [-0.39, 0.29) is 16.8 Å². The van der Waals surface area contributed by atoms with Gasteiger partial charge in [-0.15, -0.1) is 23.1 Å². The van der Waals surface area contributed by atoms with Gasteiger partial charge in [0.05, 0.1) is 5.39 Å². The van der Waals surface area contributed by atoms with Crippen LogP contribution in [-0.4, -0.2) is 21.2 Å². The van der Waals surface area contributed by atoms with Gasteiger partial charge in [0.2, 0.25) is 0 Å². The molecule has 2 atom stereocenters. The minimum atomic E-state index is -0.624. The number of carbonyl (C=O) groups excluding carboxylic acids is 1. The topological polar surface area (TPSA) is 72.0 Å². The minimum absolute atomic E-state index is 0.193. The van der Waals surface area contributed by atoms with Gasteiger partial charge < -0.3 is 9.72 Å². The molecule has 0 saturated carbocycles. The van der Waals surface area contributed by atoms with E-state index in [1.165, 1.54) is 23.1 Å². The number of ether oxygens (including phenoxy) is 1. The average Bonchev–Trinajstić information content (AvgIpc) is 2.90. The Hall–Kier alpha value is -2.12. The third-order valence-electron chi connectivity index (χ3n) is 4.12. The minimum Gasteiger partial charge on any atom is -0.454 e. The highest BCUT2D eigenvalue weighted by molar-refractivity contribution is 8.00. The van der Waals surface area contributed by atoms with Gasteiger partial charge in [-0.25, -0.2) is 4.98 Å². The molecule has 3 aromatic rings. The predicted octanol–water partition coefficient (Wildman–Crippen LogP) is 4.39. The molecule has 0 aliphatic heterocycles. The molecule has 0 radical (unpaired) electrons. The molecule has 1 N–H and O–H groups in total. The number of thioether (sulfide) groups is 1. The zero-order chi connectivity index (χ0) is 18.8. The Morgan fingerprint density at radius 1 is 1.23 bits per heavy atom. The molecule has 0 unspecified atom stereocenters. The van der Waals surface area contributed by atoms with Crippen molar-refractivity contribution < 1.29 is 9.53 Å². The van der Waals surface area contributed by atoms with Crippen molar-refractivity contribution in [3.63, 3.8) is 0 Å². The number of aromatic amines is 1. The average molecular weight is 389 g/mol. The molecule has 2 aromatic heterocycles. The van der Waals surface area contributed by atoms with Crippen LogP contribution in [0.5, 0.6) is 0 Å². The summed E-state index contributed by atoms with van der Waals surface area (Å²) in [6, 6.07) is 9.69. The van der Waals surface area contributed by atoms with Gasteiger partial charge in [-0.3, -0.25) is 9.59 Å². The molecule has 0 spiro atoms. The summed E-state index contributed by atoms with van der Waals surface area (Å²) >= 11 is 2.91. The summed E-state index contributed by atoms with van der Waals surface area (Å²) in [5, 5.41) is 0.254. The first kappa shape index (κ1) is 18.7. The molecule has 26 heavy (non-hydrogen) atoms. The van der Waals surface area contributed by atoms with Gasteiger partial charge in [-0.1, -0.05) is 18.2 Å². The lowest BCUT2D eigenvalue weighted by Crippen LogP contribution is -2.21. The van der Waals surface area contributed by atoms with Crippen molar-refractivity contribution in [2.45, 2.75) is 43.9 Å². The first-order valence-electron chi connectivity index (χ1n) is 8.29. The fourth-order valence-electron chi connectivity index (χ4n) is 2.54. The number of fused-ring (bicyclic) bond motifs is 1. The van der Waals surface area contributed by atoms with Crippen molar-refractivity contribution in [1.82, 2.24) is 9.97 Å². The first-order valence-corrected chi connectivity index (χ1v) is 9.98. The summed E-state index contributed by atoms with van der Waals surface area (Å²) in [5.41, 5.74) is 0.754. The molecule has 0 saturated heterocycles. The van der Waals surface area contributed by atoms with Gasteiger partial charge in [0.25, 0.3) is 5.56 Å². The third-order valence-corrected chi connectivity index (χ3v) is 6.31. The van der Waals surface area contributed by atoms with Crippen LogP contribution >= 0.6 is 23.1 Å². The Kier molecular flexibility index (Phi) is 5.48. The Morgan fingerprint density at radius 2 is 1.92 bits per heavy atom. The number of benzene rings is 1. The van der Waals surface area contributed by atoms with Gasteiger partial charge in [0.15, 0.2) is 11.9 Å². The van der Waals surface area contributed by atoms with Gasteiger partial charge in [0.1, 0.15) is 10.1 Å². The summed E-state index contributed by atoms with van der Waals surface area (Å²) in [6.45, 7) is 7.40. The van der Waals surface area contributed by atoms with Crippen molar-refractivity contribution in [3.8, 4) is 0 Å². The number of rotatable bonds is 5. The Labute approximate surface area is 159 Å². The fourth-order valence-corrected chi connectivity index (χ4v) is 4.45. The van der Waals surface area contributed by atoms with Crippen LogP contribution in [0.15, 0.2) is 40.0 Å². The second kappa shape index (κ2) is 7.63. The van der Waals surface area contributed by atoms with E-state index in [9.17, 15) is 9.59 Å². The van der Waals surface area contributed by atoms with Crippen LogP contribution in [0.4, 0.5) is 0 Å². The number of carbonyl (C=O) groups is 1. The molecule has 3 rings (SSSR count). The van der Waals surface area contributed by atoms with Crippen molar-refractivity contribution >= 4 is 39.3 Å². The standard InChI is InChI=1S/C19H20N2O3S2/c1-10-12(3)26-18-15(10)17(22)20-16(21-18)11(2)24-19(23)13(4)25-14-8-6-5-7-9-14/h5-9,11,13H,1-4H3,(H,20,21,22)/t11-,13+/m0/s1. The van der Waals surface area contributed by atoms with Crippen LogP contribution in [0, 0.1) is 13.8 Å². The Bertz CT molecular complexity index is 995. The summed E-state index contributed by atoms with van der Waals surface area (Å²) < 4.78 is 5.52. The van der Waals surface area contributed by atoms with Gasteiger partial charge in [-0.05, 0) is 45.4 Å². The van der Waals surface area contributed by atoms with Crippen LogP contribution in [-0.2, 0) is 9.53 Å². The second-order valence-corrected chi connectivity index (χ2v) is 8.68. The van der Waals surface area contributed by atoms with E-state index in [1.54, 1.807) is 13.8 Å². The second-order valence-electron chi connectivity index (χ2n) is 6.07. The fraction of sp³-hybridized carbons (Fsp3) is 0.316. The largest absolute Gasteiger partial charge is 0.454 e. The van der Waals surface area contributed by atoms with Crippen molar-refractivity contribution in [2.75, 3.05) is 0 Å². The van der Waals surface area contributed by atoms with Gasteiger partial charge in [0, 0.05) is 9.77 Å². The molecule has 1 aromatic carbocycles. The first-order chi connectivity index (χ1) is 12.4. The van der Waals surface area contributed by atoms with Crippen molar-refractivity contribution in [2.24, 2.45) is 0 Å². The molecule has 0 bridgehead atoms. The van der Waals surface area contributed by atoms with Crippen molar-refractivity contribution in [1.29, 1.82) is 0 Å². The van der Waals surface area contributed by atoms with E-state index >= 15 is 0 Å². The molecule has 0 amide bonds. The van der Waals surface area contributed by atoms with Crippen LogP contribution in [0.25, 0.3) is 10.2 Å². The molecular formula is C19H20N2O3S2. The van der Waals surface area contributed by atoms with Gasteiger partial charge >= 0.3 is 5.97 Å². The molecule has 2 heterocycles. The van der Waals surface area contributed by atoms with Crippen LogP contribution in [0.3, 0.4) is 0 Å². The molecule has 136 valence electrons. The molecule has 0 fully saturated rings. The quantitative estimate of drug-likeness (QED) is 0.518. The van der Waals surface area contributed by atoms with E-state index < -0.39 is 6.10 Å². The summed E-state index contributed by atoms with van der Waals surface area (Å²) in [6.07, 6.45) is -0.624. The third kappa shape index (κ3) is 3.83. The van der Waals surface area contributed by atoms with Crippen LogP contribution in [0.2, 0.25) is 0 Å². The molecule has 5 nitrogen and oxygen atoms in total. The zero-order valence-corrected chi connectivity index (χ0v) is 16.7. The zero-order valence-electron chi connectivity index (χ0n) is 15.0. The van der Waals surface area contributed by atoms with Crippen LogP contribution < -0.4 is 5.56 Å². The normalized spacial score (nSPS) is 13.5. The number of aromatic nitrogens is 2. The van der Waals surface area contributed by atoms with E-state index in [0.717, 1.165) is 15.3 Å². The van der Waals surface area contributed by atoms with E-state index in [1.807, 2.05) is 44.2 Å². The van der Waals surface area contributed by atoms with E-state index in [2.05, 4.69) is 9.97 Å². The SMILES string of the molecule is Cc1sc2nc([C@H](C)OC(=O)[C@@H](C)Sc3ccccc3)[nH]c(=O)c2c1C. The Balaban J connectivity index is 1.75. The van der Waals surface area contributed by atoms with Gasteiger partial charge in [-0.2, -0.15) is 0 Å². The Morgan fingerprint density at radius 3 is 2.62 bits per heavy atom. The molecule has 0 aliphatic rings. The summed E-state index contributed by atoms with van der Waals surface area (Å²) in [7, 11) is 0. The van der Waals surface area contributed by atoms with Crippen molar-refractivity contribution in [3.05, 3.63) is 57.0 Å². The number of H-pyrrole nitrogens is 1. The lowest BCUT2D eigenvalue weighted by atomic mass is 10.2. The maximum absolute atomic E-state index is 12.4. The maximum Gasteiger partial charge on any atom is 0.319 e. The number of nitrogens with one attached hydrogen (secondary N) is 1. The number of thiophene rings is 1. The number of esters is 1. The smallest absolute Gasteiger partial charge is 0.319 e. The highest BCUT2D eigenvalue weighted by atomic mass is 32.2. The monoisotopic (exact) mass is 388 g/mol. The lowest BCUT2D eigenvalue weighted by molar-refractivity contribution is -0.147.